The molecule has 1 unspecified atom stereocenters. The van der Waals surface area contributed by atoms with Gasteiger partial charge in [0.2, 0.25) is 0 Å². The number of nitrogens with two attached hydrogens (primary N) is 1. The third-order valence-corrected chi connectivity index (χ3v) is 5.13. The number of hydrogen-bond acceptors (Lipinski definition) is 3. The summed E-state index contributed by atoms with van der Waals surface area (Å²) in [5.41, 5.74) is 7.57. The monoisotopic (exact) mass is 266 g/mol. The molecule has 102 valence electrons. The molecule has 2 rings (SSSR count). The predicted octanol–water partition coefficient (Wildman–Crippen LogP) is 3.93. The maximum absolute atomic E-state index is 6.37. The first-order valence-electron chi connectivity index (χ1n) is 7.35. The minimum Gasteiger partial charge on any atom is -0.327 e. The van der Waals surface area contributed by atoms with Crippen LogP contribution >= 0.6 is 11.3 Å². The van der Waals surface area contributed by atoms with Crippen molar-refractivity contribution in [3.63, 3.8) is 0 Å². The lowest BCUT2D eigenvalue weighted by molar-refractivity contribution is 0.232. The van der Waals surface area contributed by atoms with E-state index < -0.39 is 0 Å². The fourth-order valence-electron chi connectivity index (χ4n) is 3.22. The van der Waals surface area contributed by atoms with Gasteiger partial charge >= 0.3 is 0 Å². The molecule has 1 atom stereocenters. The van der Waals surface area contributed by atoms with E-state index in [2.05, 4.69) is 24.2 Å². The van der Waals surface area contributed by atoms with E-state index in [-0.39, 0.29) is 0 Å². The quantitative estimate of drug-likeness (QED) is 0.877. The Bertz CT molecular complexity index is 353. The highest BCUT2D eigenvalue weighted by molar-refractivity contribution is 7.09. The van der Waals surface area contributed by atoms with Gasteiger partial charge in [0.1, 0.15) is 0 Å². The van der Waals surface area contributed by atoms with E-state index in [1.165, 1.54) is 44.2 Å². The molecule has 0 bridgehead atoms. The van der Waals surface area contributed by atoms with Crippen LogP contribution in [0.2, 0.25) is 0 Å². The molecule has 1 aromatic heterocycles. The molecule has 1 heterocycles. The summed E-state index contributed by atoms with van der Waals surface area (Å²) in [6.07, 6.45) is 9.15. The third kappa shape index (κ3) is 3.79. The number of aromatic nitrogens is 1. The van der Waals surface area contributed by atoms with Gasteiger partial charge in [-0.05, 0) is 31.6 Å². The Morgan fingerprint density at radius 1 is 1.39 bits per heavy atom. The van der Waals surface area contributed by atoms with Crippen LogP contribution < -0.4 is 5.73 Å². The van der Waals surface area contributed by atoms with E-state index in [4.69, 9.17) is 5.73 Å². The van der Waals surface area contributed by atoms with Crippen molar-refractivity contribution in [2.45, 2.75) is 64.8 Å². The molecule has 1 aromatic rings. The number of hydrogen-bond donors (Lipinski definition) is 1. The molecule has 18 heavy (non-hydrogen) atoms. The maximum atomic E-state index is 6.37. The number of nitrogens with zero attached hydrogens (tertiary/aromatic N) is 1. The molecular weight excluding hydrogens is 240 g/mol. The van der Waals surface area contributed by atoms with Gasteiger partial charge in [0, 0.05) is 17.8 Å². The lowest BCUT2D eigenvalue weighted by Gasteiger charge is -2.31. The molecule has 0 spiro atoms. The topological polar surface area (TPSA) is 38.9 Å². The van der Waals surface area contributed by atoms with Crippen LogP contribution in [0.25, 0.3) is 0 Å². The number of thiazole rings is 1. The van der Waals surface area contributed by atoms with Crippen molar-refractivity contribution < 1.29 is 0 Å². The summed E-state index contributed by atoms with van der Waals surface area (Å²) < 4.78 is 0. The van der Waals surface area contributed by atoms with E-state index in [0.29, 0.717) is 6.04 Å². The van der Waals surface area contributed by atoms with Gasteiger partial charge in [0.25, 0.3) is 0 Å². The van der Waals surface area contributed by atoms with Crippen molar-refractivity contribution >= 4 is 11.3 Å². The van der Waals surface area contributed by atoms with Gasteiger partial charge in [-0.2, -0.15) is 0 Å². The molecule has 0 aromatic carbocycles. The zero-order valence-electron chi connectivity index (χ0n) is 11.7. The van der Waals surface area contributed by atoms with Crippen LogP contribution in [0.3, 0.4) is 0 Å². The molecule has 0 radical (unpaired) electrons. The van der Waals surface area contributed by atoms with Gasteiger partial charge in [0.15, 0.2) is 0 Å². The Labute approximate surface area is 115 Å². The SMILES string of the molecule is CCCC1CCC(C(N)Cc2csc(C)n2)CC1. The van der Waals surface area contributed by atoms with Crippen LogP contribution in [0.15, 0.2) is 5.38 Å². The summed E-state index contributed by atoms with van der Waals surface area (Å²) in [4.78, 5) is 4.53. The van der Waals surface area contributed by atoms with Crippen LogP contribution in [-0.2, 0) is 6.42 Å². The molecule has 3 heteroatoms. The Balaban J connectivity index is 1.78. The lowest BCUT2D eigenvalue weighted by Crippen LogP contribution is -2.35. The van der Waals surface area contributed by atoms with E-state index >= 15 is 0 Å². The summed E-state index contributed by atoms with van der Waals surface area (Å²) in [6, 6.07) is 0.314. The number of rotatable bonds is 5. The molecule has 0 aliphatic heterocycles. The average Bonchev–Trinajstić information content (AvgIpc) is 2.76. The highest BCUT2D eigenvalue weighted by Crippen LogP contribution is 2.33. The smallest absolute Gasteiger partial charge is 0.0897 e. The Hall–Kier alpha value is -0.410. The number of aryl methyl sites for hydroxylation is 1. The van der Waals surface area contributed by atoms with E-state index in [9.17, 15) is 0 Å². The molecule has 1 aliphatic carbocycles. The summed E-state index contributed by atoms with van der Waals surface area (Å²) in [5.74, 6) is 1.69. The van der Waals surface area contributed by atoms with Crippen LogP contribution in [0, 0.1) is 18.8 Å². The molecule has 0 amide bonds. The van der Waals surface area contributed by atoms with Crippen LogP contribution in [0.4, 0.5) is 0 Å². The van der Waals surface area contributed by atoms with Gasteiger partial charge in [-0.1, -0.05) is 32.6 Å². The largest absolute Gasteiger partial charge is 0.327 e. The molecule has 2 N–H and O–H groups in total. The average molecular weight is 266 g/mol. The van der Waals surface area contributed by atoms with Crippen molar-refractivity contribution in [3.05, 3.63) is 16.1 Å². The molecule has 2 nitrogen and oxygen atoms in total. The highest BCUT2D eigenvalue weighted by atomic mass is 32.1. The molecule has 1 aliphatic rings. The Morgan fingerprint density at radius 3 is 2.67 bits per heavy atom. The minimum atomic E-state index is 0.314. The second kappa shape index (κ2) is 6.67. The van der Waals surface area contributed by atoms with Gasteiger partial charge < -0.3 is 5.73 Å². The van der Waals surface area contributed by atoms with Crippen LogP contribution in [0.1, 0.15) is 56.2 Å². The van der Waals surface area contributed by atoms with Crippen molar-refractivity contribution in [2.24, 2.45) is 17.6 Å². The fourth-order valence-corrected chi connectivity index (χ4v) is 3.85. The molecule has 1 saturated carbocycles. The van der Waals surface area contributed by atoms with Gasteiger partial charge in [-0.25, -0.2) is 4.98 Å². The second-order valence-corrected chi connectivity index (χ2v) is 6.86. The van der Waals surface area contributed by atoms with Gasteiger partial charge in [0.05, 0.1) is 10.7 Å². The van der Waals surface area contributed by atoms with E-state index in [1.807, 2.05) is 0 Å². The summed E-state index contributed by atoms with van der Waals surface area (Å²) >= 11 is 1.73. The van der Waals surface area contributed by atoms with Gasteiger partial charge in [-0.15, -0.1) is 11.3 Å². The summed E-state index contributed by atoms with van der Waals surface area (Å²) in [7, 11) is 0. The predicted molar refractivity (Wildman–Crippen MR) is 78.9 cm³/mol. The van der Waals surface area contributed by atoms with Gasteiger partial charge in [-0.3, -0.25) is 0 Å². The molecular formula is C15H26N2S. The van der Waals surface area contributed by atoms with Crippen LogP contribution in [-0.4, -0.2) is 11.0 Å². The van der Waals surface area contributed by atoms with Crippen molar-refractivity contribution in [2.75, 3.05) is 0 Å². The summed E-state index contributed by atoms with van der Waals surface area (Å²) in [6.45, 7) is 4.36. The lowest BCUT2D eigenvalue weighted by atomic mass is 9.76. The Morgan fingerprint density at radius 2 is 2.11 bits per heavy atom. The van der Waals surface area contributed by atoms with Crippen molar-refractivity contribution in [1.29, 1.82) is 0 Å². The highest BCUT2D eigenvalue weighted by Gasteiger charge is 2.25. The van der Waals surface area contributed by atoms with E-state index in [1.54, 1.807) is 11.3 Å². The zero-order chi connectivity index (χ0) is 13.0. The third-order valence-electron chi connectivity index (χ3n) is 4.31. The second-order valence-electron chi connectivity index (χ2n) is 5.80. The maximum Gasteiger partial charge on any atom is 0.0897 e. The van der Waals surface area contributed by atoms with Crippen molar-refractivity contribution in [1.82, 2.24) is 4.98 Å². The Kier molecular flexibility index (Phi) is 5.19. The van der Waals surface area contributed by atoms with Crippen LogP contribution in [0.5, 0.6) is 0 Å². The summed E-state index contributed by atoms with van der Waals surface area (Å²) in [5, 5.41) is 3.32. The first-order valence-corrected chi connectivity index (χ1v) is 8.23. The zero-order valence-corrected chi connectivity index (χ0v) is 12.5. The molecule has 0 saturated heterocycles. The normalized spacial score (nSPS) is 26.2. The van der Waals surface area contributed by atoms with E-state index in [0.717, 1.165) is 23.3 Å². The van der Waals surface area contributed by atoms with Crippen molar-refractivity contribution in [3.8, 4) is 0 Å². The minimum absolute atomic E-state index is 0.314. The first-order chi connectivity index (χ1) is 8.69. The first kappa shape index (κ1) is 14.0. The fraction of sp³-hybridized carbons (Fsp3) is 0.800. The standard InChI is InChI=1S/C15H26N2S/c1-3-4-12-5-7-13(8-6-12)15(16)9-14-10-18-11(2)17-14/h10,12-13,15H,3-9,16H2,1-2H3. The molecule has 1 fully saturated rings.